The molecule has 80 valence electrons. The van der Waals surface area contributed by atoms with Gasteiger partial charge in [-0.25, -0.2) is 4.98 Å². The first kappa shape index (κ1) is 9.69. The molecule has 3 nitrogen and oxygen atoms in total. The highest BCUT2D eigenvalue weighted by Crippen LogP contribution is 2.28. The number of hydrogen-bond acceptors (Lipinski definition) is 4. The molecule has 0 saturated heterocycles. The van der Waals surface area contributed by atoms with Crippen molar-refractivity contribution in [2.75, 3.05) is 7.11 Å². The Morgan fingerprint density at radius 3 is 3.00 bits per heavy atom. The molecule has 0 saturated carbocycles. The van der Waals surface area contributed by atoms with Crippen molar-refractivity contribution in [3.05, 3.63) is 35.5 Å². The Labute approximate surface area is 96.7 Å². The zero-order valence-electron chi connectivity index (χ0n) is 8.80. The molecule has 3 aromatic rings. The summed E-state index contributed by atoms with van der Waals surface area (Å²) in [5, 5.41) is 2.16. The molecule has 0 fully saturated rings. The maximum Gasteiger partial charge on any atom is 0.120 e. The van der Waals surface area contributed by atoms with Crippen LogP contribution in [-0.2, 0) is 11.3 Å². The number of pyridine rings is 1. The number of fused-ring (bicyclic) bond motifs is 3. The second-order valence-corrected chi connectivity index (χ2v) is 4.61. The van der Waals surface area contributed by atoms with Gasteiger partial charge in [-0.2, -0.15) is 0 Å². The van der Waals surface area contributed by atoms with Crippen molar-refractivity contribution < 1.29 is 4.74 Å². The quantitative estimate of drug-likeness (QED) is 0.678. The fourth-order valence-electron chi connectivity index (χ4n) is 1.75. The molecule has 4 heteroatoms. The Morgan fingerprint density at radius 1 is 1.25 bits per heavy atom. The van der Waals surface area contributed by atoms with E-state index in [4.69, 9.17) is 4.74 Å². The van der Waals surface area contributed by atoms with Crippen LogP contribution in [0.5, 0.6) is 0 Å². The molecule has 0 unspecified atom stereocenters. The van der Waals surface area contributed by atoms with Crippen LogP contribution in [0.25, 0.3) is 21.1 Å². The van der Waals surface area contributed by atoms with E-state index in [1.165, 1.54) is 10.1 Å². The summed E-state index contributed by atoms with van der Waals surface area (Å²) in [6, 6.07) is 8.13. The SMILES string of the molecule is COCc1nc2cnc3ccccc3c2s1. The molecule has 0 spiro atoms. The maximum absolute atomic E-state index is 5.10. The van der Waals surface area contributed by atoms with Crippen LogP contribution in [0.15, 0.2) is 30.5 Å². The van der Waals surface area contributed by atoms with Crippen LogP contribution in [-0.4, -0.2) is 17.1 Å². The standard InChI is InChI=1S/C12H10N2OS/c1-15-7-11-14-10-6-13-9-5-3-2-4-8(9)12(10)16-11/h2-6H,7H2,1H3. The predicted molar refractivity (Wildman–Crippen MR) is 65.6 cm³/mol. The van der Waals surface area contributed by atoms with E-state index in [9.17, 15) is 0 Å². The Morgan fingerprint density at radius 2 is 2.12 bits per heavy atom. The van der Waals surface area contributed by atoms with Crippen molar-refractivity contribution >= 4 is 32.5 Å². The lowest BCUT2D eigenvalue weighted by atomic mass is 10.2. The molecule has 2 aromatic heterocycles. The van der Waals surface area contributed by atoms with Crippen LogP contribution in [0, 0.1) is 0 Å². The summed E-state index contributed by atoms with van der Waals surface area (Å²) in [5.74, 6) is 0. The van der Waals surface area contributed by atoms with E-state index in [1.807, 2.05) is 24.4 Å². The summed E-state index contributed by atoms with van der Waals surface area (Å²) < 4.78 is 6.29. The van der Waals surface area contributed by atoms with E-state index in [0.717, 1.165) is 16.0 Å². The minimum absolute atomic E-state index is 0.563. The first-order chi connectivity index (χ1) is 7.88. The van der Waals surface area contributed by atoms with Gasteiger partial charge in [0.05, 0.1) is 23.0 Å². The topological polar surface area (TPSA) is 35.0 Å². The fourth-order valence-corrected chi connectivity index (χ4v) is 2.79. The van der Waals surface area contributed by atoms with E-state index in [2.05, 4.69) is 16.0 Å². The van der Waals surface area contributed by atoms with E-state index in [0.29, 0.717) is 6.61 Å². The van der Waals surface area contributed by atoms with E-state index in [-0.39, 0.29) is 0 Å². The Hall–Kier alpha value is -1.52. The van der Waals surface area contributed by atoms with Gasteiger partial charge in [0.2, 0.25) is 0 Å². The maximum atomic E-state index is 5.10. The second-order valence-electron chi connectivity index (χ2n) is 3.53. The highest BCUT2D eigenvalue weighted by molar-refractivity contribution is 7.19. The molecule has 2 heterocycles. The van der Waals surface area contributed by atoms with Crippen molar-refractivity contribution in [1.82, 2.24) is 9.97 Å². The number of para-hydroxylation sites is 1. The van der Waals surface area contributed by atoms with Crippen LogP contribution < -0.4 is 0 Å². The van der Waals surface area contributed by atoms with Crippen molar-refractivity contribution in [2.45, 2.75) is 6.61 Å². The monoisotopic (exact) mass is 230 g/mol. The largest absolute Gasteiger partial charge is 0.378 e. The zero-order chi connectivity index (χ0) is 11.0. The molecule has 0 N–H and O–H groups in total. The molecule has 0 amide bonds. The van der Waals surface area contributed by atoms with Crippen LogP contribution in [0.2, 0.25) is 0 Å². The van der Waals surface area contributed by atoms with Crippen molar-refractivity contribution in [3.8, 4) is 0 Å². The second kappa shape index (κ2) is 3.81. The van der Waals surface area contributed by atoms with Crippen LogP contribution in [0.1, 0.15) is 5.01 Å². The summed E-state index contributed by atoms with van der Waals surface area (Å²) in [6.45, 7) is 0.563. The third-order valence-corrected chi connectivity index (χ3v) is 3.52. The molecule has 0 aliphatic heterocycles. The first-order valence-electron chi connectivity index (χ1n) is 5.00. The number of thiazole rings is 1. The average Bonchev–Trinajstić information content (AvgIpc) is 2.72. The minimum Gasteiger partial charge on any atom is -0.378 e. The summed E-state index contributed by atoms with van der Waals surface area (Å²) in [5.41, 5.74) is 1.97. The van der Waals surface area contributed by atoms with Gasteiger partial charge < -0.3 is 4.74 Å². The van der Waals surface area contributed by atoms with Crippen molar-refractivity contribution in [2.24, 2.45) is 0 Å². The molecular weight excluding hydrogens is 220 g/mol. The number of nitrogens with zero attached hydrogens (tertiary/aromatic N) is 2. The third kappa shape index (κ3) is 1.47. The summed E-state index contributed by atoms with van der Waals surface area (Å²) in [6.07, 6.45) is 1.83. The lowest BCUT2D eigenvalue weighted by Gasteiger charge is -1.95. The Bertz CT molecular complexity index is 648. The summed E-state index contributed by atoms with van der Waals surface area (Å²) in [4.78, 5) is 8.87. The van der Waals surface area contributed by atoms with Crippen LogP contribution in [0.4, 0.5) is 0 Å². The van der Waals surface area contributed by atoms with E-state index >= 15 is 0 Å². The van der Waals surface area contributed by atoms with Crippen molar-refractivity contribution in [1.29, 1.82) is 0 Å². The lowest BCUT2D eigenvalue weighted by molar-refractivity contribution is 0.184. The molecule has 0 radical (unpaired) electrons. The normalized spacial score (nSPS) is 11.3. The number of benzene rings is 1. The van der Waals surface area contributed by atoms with Gasteiger partial charge in [-0.15, -0.1) is 11.3 Å². The van der Waals surface area contributed by atoms with Crippen LogP contribution >= 0.6 is 11.3 Å². The number of ether oxygens (including phenoxy) is 1. The smallest absolute Gasteiger partial charge is 0.120 e. The highest BCUT2D eigenvalue weighted by atomic mass is 32.1. The van der Waals surface area contributed by atoms with Gasteiger partial charge in [-0.3, -0.25) is 4.98 Å². The Balaban J connectivity index is 2.32. The molecular formula is C12H10N2OS. The first-order valence-corrected chi connectivity index (χ1v) is 5.82. The van der Waals surface area contributed by atoms with Gasteiger partial charge in [-0.05, 0) is 6.07 Å². The number of rotatable bonds is 2. The predicted octanol–water partition coefficient (Wildman–Crippen LogP) is 2.99. The summed E-state index contributed by atoms with van der Waals surface area (Å²) >= 11 is 1.68. The minimum atomic E-state index is 0.563. The number of aromatic nitrogens is 2. The van der Waals surface area contributed by atoms with E-state index in [1.54, 1.807) is 18.4 Å². The van der Waals surface area contributed by atoms with Gasteiger partial charge in [0.25, 0.3) is 0 Å². The summed E-state index contributed by atoms with van der Waals surface area (Å²) in [7, 11) is 1.68. The third-order valence-electron chi connectivity index (χ3n) is 2.44. The molecule has 16 heavy (non-hydrogen) atoms. The molecule has 0 bridgehead atoms. The van der Waals surface area contributed by atoms with Crippen molar-refractivity contribution in [3.63, 3.8) is 0 Å². The Kier molecular flexibility index (Phi) is 2.31. The molecule has 3 rings (SSSR count). The zero-order valence-corrected chi connectivity index (χ0v) is 9.62. The van der Waals surface area contributed by atoms with Gasteiger partial charge in [0, 0.05) is 12.5 Å². The number of hydrogen-bond donors (Lipinski definition) is 0. The molecule has 1 aromatic carbocycles. The van der Waals surface area contributed by atoms with Gasteiger partial charge in [0.15, 0.2) is 0 Å². The van der Waals surface area contributed by atoms with Gasteiger partial charge in [0.1, 0.15) is 10.5 Å². The van der Waals surface area contributed by atoms with E-state index < -0.39 is 0 Å². The van der Waals surface area contributed by atoms with Gasteiger partial charge in [-0.1, -0.05) is 18.2 Å². The average molecular weight is 230 g/mol. The molecule has 0 aliphatic rings. The molecule has 0 aliphatic carbocycles. The highest BCUT2D eigenvalue weighted by Gasteiger charge is 2.07. The van der Waals surface area contributed by atoms with Crippen LogP contribution in [0.3, 0.4) is 0 Å². The number of methoxy groups -OCH3 is 1. The molecule has 0 atom stereocenters. The fraction of sp³-hybridized carbons (Fsp3) is 0.167. The lowest BCUT2D eigenvalue weighted by Crippen LogP contribution is -1.84. The van der Waals surface area contributed by atoms with Gasteiger partial charge >= 0.3 is 0 Å².